The van der Waals surface area contributed by atoms with E-state index < -0.39 is 8.32 Å². The van der Waals surface area contributed by atoms with Crippen molar-refractivity contribution in [2.75, 3.05) is 13.2 Å². The molecule has 0 unspecified atom stereocenters. The van der Waals surface area contributed by atoms with E-state index in [-0.39, 0.29) is 17.7 Å². The molecular formula is C26H38O3Si. The normalized spacial score (nSPS) is 19.1. The molecule has 164 valence electrons. The van der Waals surface area contributed by atoms with Crippen LogP contribution in [0.2, 0.25) is 5.04 Å². The average Bonchev–Trinajstić information content (AvgIpc) is 3.52. The summed E-state index contributed by atoms with van der Waals surface area (Å²) < 4.78 is 12.3. The summed E-state index contributed by atoms with van der Waals surface area (Å²) in [6.45, 7) is 7.98. The van der Waals surface area contributed by atoms with Crippen LogP contribution in [0.3, 0.4) is 0 Å². The van der Waals surface area contributed by atoms with Crippen LogP contribution < -0.4 is 10.4 Å². The molecule has 2 aromatic carbocycles. The molecule has 2 aromatic rings. The van der Waals surface area contributed by atoms with Crippen molar-refractivity contribution in [3.63, 3.8) is 0 Å². The molecule has 0 radical (unpaired) electrons. The molecule has 1 aliphatic rings. The Kier molecular flexibility index (Phi) is 8.29. The lowest BCUT2D eigenvalue weighted by Crippen LogP contribution is -2.66. The molecule has 1 N–H and O–H groups in total. The number of ether oxygens (including phenoxy) is 1. The second-order valence-corrected chi connectivity index (χ2v) is 13.8. The Hall–Kier alpha value is -1.46. The van der Waals surface area contributed by atoms with Crippen LogP contribution in [0.4, 0.5) is 0 Å². The van der Waals surface area contributed by atoms with Gasteiger partial charge in [0, 0.05) is 6.61 Å². The number of aliphatic hydroxyl groups excluding tert-OH is 1. The summed E-state index contributed by atoms with van der Waals surface area (Å²) in [5.74, 6) is 0. The van der Waals surface area contributed by atoms with Crippen molar-refractivity contribution in [1.82, 2.24) is 0 Å². The van der Waals surface area contributed by atoms with Crippen LogP contribution in [0, 0.1) is 0 Å². The molecule has 0 bridgehead atoms. The van der Waals surface area contributed by atoms with E-state index in [9.17, 15) is 0 Å². The number of unbranched alkanes of at least 4 members (excludes halogenated alkanes) is 4. The van der Waals surface area contributed by atoms with Gasteiger partial charge in [0.1, 0.15) is 6.10 Å². The van der Waals surface area contributed by atoms with Crippen LogP contribution in [0.15, 0.2) is 60.7 Å². The molecule has 1 aliphatic heterocycles. The van der Waals surface area contributed by atoms with Crippen LogP contribution in [0.25, 0.3) is 0 Å². The summed E-state index contributed by atoms with van der Waals surface area (Å²) in [6.07, 6.45) is 7.48. The standard InChI is InChI=1S/C26H38O3Si/c1-26(2,3)30(22-15-9-7-10-16-22,23-17-11-8-12-18-23)28-20-14-6-4-5-13-19-24-25(21-27)29-24/h7-12,15-18,24-25,27H,4-6,13-14,19-21H2,1-3H3/t24-,25-/m0/s1. The smallest absolute Gasteiger partial charge is 0.261 e. The molecule has 0 saturated carbocycles. The maximum Gasteiger partial charge on any atom is 0.261 e. The molecule has 3 rings (SSSR count). The Morgan fingerprint density at radius 2 is 1.33 bits per heavy atom. The maximum atomic E-state index is 9.03. The van der Waals surface area contributed by atoms with Crippen molar-refractivity contribution in [2.45, 2.75) is 76.5 Å². The Labute approximate surface area is 183 Å². The number of benzene rings is 2. The number of hydrogen-bond acceptors (Lipinski definition) is 3. The predicted octanol–water partition coefficient (Wildman–Crippen LogP) is 4.66. The molecule has 1 saturated heterocycles. The van der Waals surface area contributed by atoms with Gasteiger partial charge in [-0.1, -0.05) is 107 Å². The van der Waals surface area contributed by atoms with Gasteiger partial charge in [-0.15, -0.1) is 0 Å². The first-order chi connectivity index (χ1) is 14.5. The molecule has 2 atom stereocenters. The van der Waals surface area contributed by atoms with Crippen LogP contribution in [-0.4, -0.2) is 38.8 Å². The summed E-state index contributed by atoms with van der Waals surface area (Å²) in [7, 11) is -2.38. The van der Waals surface area contributed by atoms with Gasteiger partial charge in [0.25, 0.3) is 8.32 Å². The lowest BCUT2D eigenvalue weighted by molar-refractivity contribution is 0.241. The Balaban J connectivity index is 1.57. The molecule has 30 heavy (non-hydrogen) atoms. The topological polar surface area (TPSA) is 42.0 Å². The van der Waals surface area contributed by atoms with Crippen molar-refractivity contribution in [3.8, 4) is 0 Å². The molecule has 1 heterocycles. The molecule has 4 heteroatoms. The minimum atomic E-state index is -2.38. The number of rotatable bonds is 12. The van der Waals surface area contributed by atoms with E-state index in [2.05, 4.69) is 81.4 Å². The highest BCUT2D eigenvalue weighted by atomic mass is 28.4. The van der Waals surface area contributed by atoms with Gasteiger partial charge in [-0.25, -0.2) is 0 Å². The van der Waals surface area contributed by atoms with Crippen molar-refractivity contribution in [1.29, 1.82) is 0 Å². The third kappa shape index (κ3) is 5.61. The maximum absolute atomic E-state index is 9.03. The first kappa shape index (κ1) is 23.2. The molecule has 0 spiro atoms. The van der Waals surface area contributed by atoms with E-state index in [4.69, 9.17) is 14.3 Å². The third-order valence-electron chi connectivity index (χ3n) is 6.24. The fourth-order valence-corrected chi connectivity index (χ4v) is 9.16. The lowest BCUT2D eigenvalue weighted by atomic mass is 10.1. The van der Waals surface area contributed by atoms with Crippen LogP contribution in [0.5, 0.6) is 0 Å². The first-order valence-corrected chi connectivity index (χ1v) is 13.4. The second-order valence-electron chi connectivity index (χ2n) is 9.46. The highest BCUT2D eigenvalue weighted by Crippen LogP contribution is 2.36. The summed E-state index contributed by atoms with van der Waals surface area (Å²) in [5, 5.41) is 11.8. The fraction of sp³-hybridized carbons (Fsp3) is 0.538. The van der Waals surface area contributed by atoms with E-state index in [1.54, 1.807) is 0 Å². The van der Waals surface area contributed by atoms with Crippen molar-refractivity contribution >= 4 is 18.7 Å². The van der Waals surface area contributed by atoms with E-state index in [1.165, 1.54) is 36.1 Å². The van der Waals surface area contributed by atoms with Gasteiger partial charge in [-0.3, -0.25) is 0 Å². The van der Waals surface area contributed by atoms with Gasteiger partial charge in [-0.05, 0) is 28.3 Å². The number of epoxide rings is 1. The third-order valence-corrected chi connectivity index (χ3v) is 11.3. The highest BCUT2D eigenvalue weighted by molar-refractivity contribution is 6.99. The number of hydrogen-bond donors (Lipinski definition) is 1. The zero-order valence-electron chi connectivity index (χ0n) is 18.8. The van der Waals surface area contributed by atoms with E-state index in [1.807, 2.05) is 0 Å². The summed E-state index contributed by atoms with van der Waals surface area (Å²) in [5.41, 5.74) is 0. The first-order valence-electron chi connectivity index (χ1n) is 11.5. The zero-order valence-corrected chi connectivity index (χ0v) is 19.8. The Bertz CT molecular complexity index is 702. The number of aliphatic hydroxyl groups is 1. The molecular weight excluding hydrogens is 388 g/mol. The minimum absolute atomic E-state index is 0.0449. The van der Waals surface area contributed by atoms with Crippen molar-refractivity contribution in [2.24, 2.45) is 0 Å². The molecule has 0 aromatic heterocycles. The van der Waals surface area contributed by atoms with Crippen LogP contribution >= 0.6 is 0 Å². The SMILES string of the molecule is CC(C)(C)[Si](OCCCCCCC[C@@H]1O[C@H]1CO)(c1ccccc1)c1ccccc1. The van der Waals surface area contributed by atoms with Crippen molar-refractivity contribution < 1.29 is 14.3 Å². The minimum Gasteiger partial charge on any atom is -0.407 e. The van der Waals surface area contributed by atoms with Gasteiger partial charge < -0.3 is 14.3 Å². The highest BCUT2D eigenvalue weighted by Gasteiger charge is 2.49. The average molecular weight is 427 g/mol. The van der Waals surface area contributed by atoms with Crippen molar-refractivity contribution in [3.05, 3.63) is 60.7 Å². The summed E-state index contributed by atoms with van der Waals surface area (Å²) in [6, 6.07) is 21.7. The van der Waals surface area contributed by atoms with Crippen LogP contribution in [0.1, 0.15) is 59.3 Å². The molecule has 0 aliphatic carbocycles. The predicted molar refractivity (Wildman–Crippen MR) is 127 cm³/mol. The monoisotopic (exact) mass is 426 g/mol. The van der Waals surface area contributed by atoms with E-state index in [0.717, 1.165) is 19.4 Å². The van der Waals surface area contributed by atoms with Gasteiger partial charge in [-0.2, -0.15) is 0 Å². The lowest BCUT2D eigenvalue weighted by Gasteiger charge is -2.43. The molecule has 0 amide bonds. The molecule has 1 fully saturated rings. The summed E-state index contributed by atoms with van der Waals surface area (Å²) >= 11 is 0. The Morgan fingerprint density at radius 3 is 1.83 bits per heavy atom. The summed E-state index contributed by atoms with van der Waals surface area (Å²) in [4.78, 5) is 0. The molecule has 3 nitrogen and oxygen atoms in total. The fourth-order valence-electron chi connectivity index (χ4n) is 4.56. The quantitative estimate of drug-likeness (QED) is 0.305. The zero-order chi connectivity index (χ0) is 21.5. The van der Waals surface area contributed by atoms with Gasteiger partial charge in [0.2, 0.25) is 0 Å². The largest absolute Gasteiger partial charge is 0.407 e. The van der Waals surface area contributed by atoms with E-state index >= 15 is 0 Å². The van der Waals surface area contributed by atoms with Gasteiger partial charge in [0.05, 0.1) is 12.7 Å². The second kappa shape index (κ2) is 10.7. The van der Waals surface area contributed by atoms with Gasteiger partial charge in [0.15, 0.2) is 0 Å². The van der Waals surface area contributed by atoms with Crippen LogP contribution in [-0.2, 0) is 9.16 Å². The Morgan fingerprint density at radius 1 is 0.800 bits per heavy atom. The van der Waals surface area contributed by atoms with E-state index in [0.29, 0.717) is 6.10 Å². The van der Waals surface area contributed by atoms with Gasteiger partial charge >= 0.3 is 0 Å².